The molecule has 0 bridgehead atoms. The van der Waals surface area contributed by atoms with Crippen molar-refractivity contribution in [1.29, 1.82) is 0 Å². The first-order valence-corrected chi connectivity index (χ1v) is 9.81. The SMILES string of the molecule is Cn1cc(C2CC(NS(=O)(=O)CCc3ccccc3)CCO2)cn1. The number of nitrogens with one attached hydrogen (secondary N) is 1. The monoisotopic (exact) mass is 349 g/mol. The molecule has 2 heterocycles. The van der Waals surface area contributed by atoms with Crippen molar-refractivity contribution in [3.63, 3.8) is 0 Å². The normalized spacial score (nSPS) is 21.7. The van der Waals surface area contributed by atoms with Crippen LogP contribution in [0.5, 0.6) is 0 Å². The molecule has 2 aromatic rings. The smallest absolute Gasteiger partial charge is 0.212 e. The van der Waals surface area contributed by atoms with Crippen LogP contribution < -0.4 is 4.72 Å². The van der Waals surface area contributed by atoms with E-state index in [0.29, 0.717) is 25.9 Å². The van der Waals surface area contributed by atoms with Gasteiger partial charge in [-0.25, -0.2) is 13.1 Å². The number of rotatable bonds is 6. The summed E-state index contributed by atoms with van der Waals surface area (Å²) in [6, 6.07) is 9.57. The van der Waals surface area contributed by atoms with E-state index < -0.39 is 10.0 Å². The lowest BCUT2D eigenvalue weighted by atomic mass is 10.0. The van der Waals surface area contributed by atoms with Crippen LogP contribution in [0.3, 0.4) is 0 Å². The third-order valence-corrected chi connectivity index (χ3v) is 5.66. The molecule has 0 saturated carbocycles. The molecule has 1 aromatic carbocycles. The third kappa shape index (κ3) is 4.66. The Morgan fingerprint density at radius 2 is 2.12 bits per heavy atom. The van der Waals surface area contributed by atoms with Crippen molar-refractivity contribution < 1.29 is 13.2 Å². The lowest BCUT2D eigenvalue weighted by Crippen LogP contribution is -2.41. The van der Waals surface area contributed by atoms with Gasteiger partial charge in [-0.2, -0.15) is 5.10 Å². The Kier molecular flexibility index (Phi) is 5.33. The van der Waals surface area contributed by atoms with E-state index in [1.54, 1.807) is 10.9 Å². The molecule has 2 atom stereocenters. The van der Waals surface area contributed by atoms with Gasteiger partial charge in [-0.15, -0.1) is 0 Å². The van der Waals surface area contributed by atoms with Crippen LogP contribution >= 0.6 is 0 Å². The maximum Gasteiger partial charge on any atom is 0.212 e. The van der Waals surface area contributed by atoms with Gasteiger partial charge >= 0.3 is 0 Å². The van der Waals surface area contributed by atoms with E-state index in [2.05, 4.69) is 9.82 Å². The lowest BCUT2D eigenvalue weighted by molar-refractivity contribution is 0.00401. The molecule has 6 nitrogen and oxygen atoms in total. The number of hydrogen-bond acceptors (Lipinski definition) is 4. The van der Waals surface area contributed by atoms with Gasteiger partial charge in [0.2, 0.25) is 10.0 Å². The van der Waals surface area contributed by atoms with Crippen molar-refractivity contribution in [2.45, 2.75) is 31.4 Å². The molecule has 1 aliphatic rings. The summed E-state index contributed by atoms with van der Waals surface area (Å²) in [5.74, 6) is 0.103. The minimum absolute atomic E-state index is 0.0928. The molecule has 0 spiro atoms. The quantitative estimate of drug-likeness (QED) is 0.863. The molecule has 1 saturated heterocycles. The highest BCUT2D eigenvalue weighted by Gasteiger charge is 2.27. The van der Waals surface area contributed by atoms with Gasteiger partial charge in [-0.3, -0.25) is 4.68 Å². The van der Waals surface area contributed by atoms with Crippen LogP contribution in [0.15, 0.2) is 42.7 Å². The Morgan fingerprint density at radius 1 is 1.33 bits per heavy atom. The summed E-state index contributed by atoms with van der Waals surface area (Å²) in [6.07, 6.45) is 5.44. The summed E-state index contributed by atoms with van der Waals surface area (Å²) < 4.78 is 35.0. The first-order chi connectivity index (χ1) is 11.5. The first kappa shape index (κ1) is 17.1. The Morgan fingerprint density at radius 3 is 2.83 bits per heavy atom. The van der Waals surface area contributed by atoms with Gasteiger partial charge < -0.3 is 4.74 Å². The molecule has 24 heavy (non-hydrogen) atoms. The van der Waals surface area contributed by atoms with Gasteiger partial charge in [-0.1, -0.05) is 30.3 Å². The molecule has 0 aliphatic carbocycles. The molecular weight excluding hydrogens is 326 g/mol. The van der Waals surface area contributed by atoms with Gasteiger partial charge in [0, 0.05) is 31.5 Å². The highest BCUT2D eigenvalue weighted by atomic mass is 32.2. The van der Waals surface area contributed by atoms with E-state index in [1.807, 2.05) is 43.6 Å². The van der Waals surface area contributed by atoms with Crippen molar-refractivity contribution >= 4 is 10.0 Å². The van der Waals surface area contributed by atoms with E-state index in [1.165, 1.54) is 0 Å². The Labute approximate surface area is 142 Å². The van der Waals surface area contributed by atoms with Crippen molar-refractivity contribution in [2.75, 3.05) is 12.4 Å². The fraction of sp³-hybridized carbons (Fsp3) is 0.471. The predicted molar refractivity (Wildman–Crippen MR) is 92.0 cm³/mol. The average molecular weight is 349 g/mol. The molecule has 7 heteroatoms. The summed E-state index contributed by atoms with van der Waals surface area (Å²) in [6.45, 7) is 0.547. The summed E-state index contributed by atoms with van der Waals surface area (Å²) in [7, 11) is -1.45. The second-order valence-electron chi connectivity index (χ2n) is 6.20. The number of ether oxygens (including phenoxy) is 1. The van der Waals surface area contributed by atoms with Gasteiger partial charge in [0.1, 0.15) is 0 Å². The van der Waals surface area contributed by atoms with Gasteiger partial charge in [0.15, 0.2) is 0 Å². The van der Waals surface area contributed by atoms with Crippen molar-refractivity contribution in [3.05, 3.63) is 53.9 Å². The molecular formula is C17H23N3O3S. The van der Waals surface area contributed by atoms with Gasteiger partial charge in [0.05, 0.1) is 18.1 Å². The molecule has 3 rings (SSSR count). The standard InChI is InChI=1S/C17H23N3O3S/c1-20-13-15(12-18-20)17-11-16(7-9-23-17)19-24(21,22)10-8-14-5-3-2-4-6-14/h2-6,12-13,16-17,19H,7-11H2,1H3. The number of aromatic nitrogens is 2. The molecule has 1 N–H and O–H groups in total. The minimum atomic E-state index is -3.31. The summed E-state index contributed by atoms with van der Waals surface area (Å²) >= 11 is 0. The highest BCUT2D eigenvalue weighted by Crippen LogP contribution is 2.28. The summed E-state index contributed by atoms with van der Waals surface area (Å²) in [4.78, 5) is 0. The maximum absolute atomic E-state index is 12.4. The van der Waals surface area contributed by atoms with Crippen molar-refractivity contribution in [1.82, 2.24) is 14.5 Å². The number of benzene rings is 1. The Balaban J connectivity index is 1.56. The van der Waals surface area contributed by atoms with Crippen LogP contribution in [0, 0.1) is 0 Å². The highest BCUT2D eigenvalue weighted by molar-refractivity contribution is 7.89. The molecule has 1 fully saturated rings. The number of nitrogens with zero attached hydrogens (tertiary/aromatic N) is 2. The molecule has 1 aromatic heterocycles. The van der Waals surface area contributed by atoms with E-state index >= 15 is 0 Å². The molecule has 2 unspecified atom stereocenters. The molecule has 130 valence electrons. The second kappa shape index (κ2) is 7.46. The van der Waals surface area contributed by atoms with Crippen LogP contribution in [0.2, 0.25) is 0 Å². The number of hydrogen-bond donors (Lipinski definition) is 1. The number of aryl methyl sites for hydroxylation is 2. The predicted octanol–water partition coefficient (Wildman–Crippen LogP) is 1.80. The third-order valence-electron chi connectivity index (χ3n) is 4.23. The van der Waals surface area contributed by atoms with Crippen LogP contribution in [0.25, 0.3) is 0 Å². The zero-order valence-corrected chi connectivity index (χ0v) is 14.6. The van der Waals surface area contributed by atoms with Crippen molar-refractivity contribution in [3.8, 4) is 0 Å². The van der Waals surface area contributed by atoms with Crippen LogP contribution in [-0.4, -0.2) is 36.6 Å². The van der Waals surface area contributed by atoms with Crippen LogP contribution in [-0.2, 0) is 28.2 Å². The van der Waals surface area contributed by atoms with Crippen LogP contribution in [0.4, 0.5) is 0 Å². The molecule has 0 amide bonds. The van der Waals surface area contributed by atoms with Crippen LogP contribution in [0.1, 0.15) is 30.1 Å². The second-order valence-corrected chi connectivity index (χ2v) is 8.07. The zero-order valence-electron chi connectivity index (χ0n) is 13.8. The fourth-order valence-electron chi connectivity index (χ4n) is 2.95. The van der Waals surface area contributed by atoms with Gasteiger partial charge in [0.25, 0.3) is 0 Å². The van der Waals surface area contributed by atoms with Crippen molar-refractivity contribution in [2.24, 2.45) is 7.05 Å². The molecule has 1 aliphatic heterocycles. The van der Waals surface area contributed by atoms with E-state index in [4.69, 9.17) is 4.74 Å². The minimum Gasteiger partial charge on any atom is -0.373 e. The van der Waals surface area contributed by atoms with E-state index in [-0.39, 0.29) is 17.9 Å². The maximum atomic E-state index is 12.4. The molecule has 0 radical (unpaired) electrons. The lowest BCUT2D eigenvalue weighted by Gasteiger charge is -2.29. The number of sulfonamides is 1. The van der Waals surface area contributed by atoms with Gasteiger partial charge in [-0.05, 0) is 24.8 Å². The summed E-state index contributed by atoms with van der Waals surface area (Å²) in [5, 5.41) is 4.15. The van der Waals surface area contributed by atoms with E-state index in [9.17, 15) is 8.42 Å². The Hall–Kier alpha value is -1.70. The first-order valence-electron chi connectivity index (χ1n) is 8.16. The summed E-state index contributed by atoms with van der Waals surface area (Å²) in [5.41, 5.74) is 2.02. The Bertz CT molecular complexity index is 758. The largest absolute Gasteiger partial charge is 0.373 e. The average Bonchev–Trinajstić information content (AvgIpc) is 3.01. The zero-order chi connectivity index (χ0) is 17.0. The van der Waals surface area contributed by atoms with E-state index in [0.717, 1.165) is 11.1 Å². The fourth-order valence-corrected chi connectivity index (χ4v) is 4.30. The topological polar surface area (TPSA) is 73.2 Å².